The van der Waals surface area contributed by atoms with Gasteiger partial charge in [-0.05, 0) is 52.4 Å². The first-order chi connectivity index (χ1) is 9.99. The molecule has 0 atom stereocenters. The lowest BCUT2D eigenvalue weighted by atomic mass is 10.1. The normalized spacial score (nSPS) is 17.8. The highest BCUT2D eigenvalue weighted by molar-refractivity contribution is 14.1. The van der Waals surface area contributed by atoms with Crippen LogP contribution in [0, 0.1) is 3.57 Å². The summed E-state index contributed by atoms with van der Waals surface area (Å²) in [6.07, 6.45) is -3.48. The Bertz CT molecular complexity index is 655. The van der Waals surface area contributed by atoms with Gasteiger partial charge in [0.25, 0.3) is 5.79 Å². The van der Waals surface area contributed by atoms with E-state index in [-0.39, 0.29) is 5.56 Å². The smallest absolute Gasteiger partial charge is 0.416 e. The molecule has 1 aromatic rings. The van der Waals surface area contributed by atoms with E-state index in [0.29, 0.717) is 3.57 Å². The molecule has 1 heterocycles. The van der Waals surface area contributed by atoms with E-state index in [1.54, 1.807) is 22.6 Å². The molecule has 1 aliphatic heterocycles. The van der Waals surface area contributed by atoms with Crippen LogP contribution >= 0.6 is 22.6 Å². The van der Waals surface area contributed by atoms with Crippen LogP contribution in [0.3, 0.4) is 0 Å². The van der Waals surface area contributed by atoms with Gasteiger partial charge in [0, 0.05) is 17.4 Å². The van der Waals surface area contributed by atoms with E-state index in [9.17, 15) is 22.8 Å². The van der Waals surface area contributed by atoms with Crippen LogP contribution in [0.1, 0.15) is 25.0 Å². The van der Waals surface area contributed by atoms with Gasteiger partial charge in [-0.2, -0.15) is 13.2 Å². The Morgan fingerprint density at radius 1 is 1.14 bits per heavy atom. The van der Waals surface area contributed by atoms with Gasteiger partial charge in [-0.1, -0.05) is 0 Å². The first-order valence-electron chi connectivity index (χ1n) is 6.05. The maximum absolute atomic E-state index is 12.7. The zero-order chi connectivity index (χ0) is 16.7. The van der Waals surface area contributed by atoms with Crippen molar-refractivity contribution in [1.82, 2.24) is 0 Å². The number of rotatable bonds is 1. The van der Waals surface area contributed by atoms with Crippen molar-refractivity contribution >= 4 is 40.6 Å². The molecule has 4 nitrogen and oxygen atoms in total. The lowest BCUT2D eigenvalue weighted by Gasteiger charge is -2.29. The number of ether oxygens (including phenoxy) is 2. The average Bonchev–Trinajstić information content (AvgIpc) is 2.33. The number of halogens is 4. The molecule has 0 bridgehead atoms. The zero-order valence-corrected chi connectivity index (χ0v) is 13.6. The number of hydrogen-bond donors (Lipinski definition) is 0. The van der Waals surface area contributed by atoms with E-state index >= 15 is 0 Å². The second-order valence-electron chi connectivity index (χ2n) is 4.97. The van der Waals surface area contributed by atoms with Crippen LogP contribution in [-0.4, -0.2) is 17.7 Å². The fourth-order valence-electron chi connectivity index (χ4n) is 1.76. The number of hydrogen-bond acceptors (Lipinski definition) is 4. The van der Waals surface area contributed by atoms with Gasteiger partial charge in [0.15, 0.2) is 0 Å². The quantitative estimate of drug-likeness (QED) is 0.299. The molecule has 1 aliphatic rings. The van der Waals surface area contributed by atoms with E-state index in [1.807, 2.05) is 0 Å². The van der Waals surface area contributed by atoms with Crippen LogP contribution in [0.4, 0.5) is 13.2 Å². The summed E-state index contributed by atoms with van der Waals surface area (Å²) in [5.41, 5.74) is -1.24. The van der Waals surface area contributed by atoms with Crippen LogP contribution in [0.5, 0.6) is 0 Å². The fourth-order valence-corrected chi connectivity index (χ4v) is 2.26. The van der Waals surface area contributed by atoms with Crippen molar-refractivity contribution in [3.63, 3.8) is 0 Å². The lowest BCUT2D eigenvalue weighted by molar-refractivity contribution is -0.222. The second kappa shape index (κ2) is 5.56. The van der Waals surface area contributed by atoms with Crippen molar-refractivity contribution in [2.45, 2.75) is 25.8 Å². The molecule has 0 N–H and O–H groups in total. The van der Waals surface area contributed by atoms with Crippen molar-refractivity contribution in [2.75, 3.05) is 0 Å². The summed E-state index contributed by atoms with van der Waals surface area (Å²) in [4.78, 5) is 23.6. The fraction of sp³-hybridized carbons (Fsp3) is 0.286. The van der Waals surface area contributed by atoms with Crippen molar-refractivity contribution in [3.05, 3.63) is 38.5 Å². The minimum Gasteiger partial charge on any atom is -0.419 e. The molecule has 0 saturated carbocycles. The summed E-state index contributed by atoms with van der Waals surface area (Å²) < 4.78 is 48.4. The van der Waals surface area contributed by atoms with Gasteiger partial charge in [0.1, 0.15) is 5.57 Å². The Morgan fingerprint density at radius 2 is 1.68 bits per heavy atom. The van der Waals surface area contributed by atoms with Crippen LogP contribution in [0.2, 0.25) is 0 Å². The lowest BCUT2D eigenvalue weighted by Crippen LogP contribution is -2.41. The summed E-state index contributed by atoms with van der Waals surface area (Å²) >= 11 is 1.81. The summed E-state index contributed by atoms with van der Waals surface area (Å²) in [7, 11) is 0. The topological polar surface area (TPSA) is 52.6 Å². The van der Waals surface area contributed by atoms with E-state index < -0.39 is 35.0 Å². The number of carbonyl (C=O) groups is 2. The van der Waals surface area contributed by atoms with Crippen LogP contribution in [0.25, 0.3) is 6.08 Å². The van der Waals surface area contributed by atoms with Gasteiger partial charge in [-0.25, -0.2) is 9.59 Å². The maximum Gasteiger partial charge on any atom is 0.416 e. The number of carbonyl (C=O) groups excluding carboxylic acids is 2. The molecule has 22 heavy (non-hydrogen) atoms. The number of cyclic esters (lactones) is 2. The molecule has 0 aromatic heterocycles. The summed E-state index contributed by atoms with van der Waals surface area (Å²) in [6, 6.07) is 3.03. The molecule has 8 heteroatoms. The molecule has 118 valence electrons. The maximum atomic E-state index is 12.7. The first kappa shape index (κ1) is 16.8. The third-order valence-corrected chi connectivity index (χ3v) is 3.72. The molecule has 0 spiro atoms. The van der Waals surface area contributed by atoms with Crippen LogP contribution in [0.15, 0.2) is 23.8 Å². The minimum atomic E-state index is -4.52. The third kappa shape index (κ3) is 3.60. The molecule has 0 radical (unpaired) electrons. The van der Waals surface area contributed by atoms with Crippen molar-refractivity contribution in [3.8, 4) is 0 Å². The predicted molar refractivity (Wildman–Crippen MR) is 78.4 cm³/mol. The predicted octanol–water partition coefficient (Wildman–Crippen LogP) is 3.53. The Kier molecular flexibility index (Phi) is 4.24. The standard InChI is InChI=1S/C14H10F3IO4/c1-13(2)21-11(19)9(12(20)22-13)6-7-5-8(14(15,16)17)3-4-10(7)18/h3-6H,1-2H3. The molecule has 1 fully saturated rings. The molecular formula is C14H10F3IO4. The van der Waals surface area contributed by atoms with Gasteiger partial charge < -0.3 is 9.47 Å². The van der Waals surface area contributed by atoms with Crippen molar-refractivity contribution < 1.29 is 32.2 Å². The second-order valence-corrected chi connectivity index (χ2v) is 6.13. The minimum absolute atomic E-state index is 0.0824. The van der Waals surface area contributed by atoms with E-state index in [2.05, 4.69) is 0 Å². The van der Waals surface area contributed by atoms with Crippen molar-refractivity contribution in [1.29, 1.82) is 0 Å². The molecule has 0 amide bonds. The summed E-state index contributed by atoms with van der Waals surface area (Å²) in [6.45, 7) is 2.77. The number of esters is 2. The Labute approximate surface area is 137 Å². The summed E-state index contributed by atoms with van der Waals surface area (Å²) in [5.74, 6) is -3.27. The molecule has 1 saturated heterocycles. The van der Waals surface area contributed by atoms with Gasteiger partial charge in [-0.3, -0.25) is 0 Å². The Hall–Kier alpha value is -1.58. The summed E-state index contributed by atoms with van der Waals surface area (Å²) in [5, 5.41) is 0. The van der Waals surface area contributed by atoms with Crippen LogP contribution in [-0.2, 0) is 25.2 Å². The first-order valence-corrected chi connectivity index (χ1v) is 7.12. The van der Waals surface area contributed by atoms with Crippen molar-refractivity contribution in [2.24, 2.45) is 0 Å². The third-order valence-electron chi connectivity index (χ3n) is 2.74. The van der Waals surface area contributed by atoms with E-state index in [1.165, 1.54) is 19.9 Å². The molecule has 1 aromatic carbocycles. The monoisotopic (exact) mass is 426 g/mol. The van der Waals surface area contributed by atoms with Crippen LogP contribution < -0.4 is 0 Å². The van der Waals surface area contributed by atoms with Gasteiger partial charge in [0.05, 0.1) is 5.56 Å². The molecule has 0 aliphatic carbocycles. The number of benzene rings is 1. The average molecular weight is 426 g/mol. The molecule has 2 rings (SSSR count). The van der Waals surface area contributed by atoms with Gasteiger partial charge in [0.2, 0.25) is 0 Å². The van der Waals surface area contributed by atoms with E-state index in [4.69, 9.17) is 9.47 Å². The van der Waals surface area contributed by atoms with Gasteiger partial charge >= 0.3 is 18.1 Å². The van der Waals surface area contributed by atoms with Gasteiger partial charge in [-0.15, -0.1) is 0 Å². The zero-order valence-electron chi connectivity index (χ0n) is 11.5. The highest BCUT2D eigenvalue weighted by Crippen LogP contribution is 2.32. The SMILES string of the molecule is CC1(C)OC(=O)C(=Cc2cc(C(F)(F)F)ccc2I)C(=O)O1. The largest absolute Gasteiger partial charge is 0.419 e. The Morgan fingerprint density at radius 3 is 2.18 bits per heavy atom. The molecular weight excluding hydrogens is 416 g/mol. The molecule has 0 unspecified atom stereocenters. The highest BCUT2D eigenvalue weighted by atomic mass is 127. The highest BCUT2D eigenvalue weighted by Gasteiger charge is 2.39. The Balaban J connectivity index is 2.45. The van der Waals surface area contributed by atoms with E-state index in [0.717, 1.165) is 18.2 Å². The number of alkyl halides is 3.